The van der Waals surface area contributed by atoms with E-state index in [1.807, 2.05) is 4.90 Å². The number of likely N-dealkylation sites (tertiary alicyclic amines) is 1. The summed E-state index contributed by atoms with van der Waals surface area (Å²) >= 11 is 6.04. The first-order chi connectivity index (χ1) is 9.63. The van der Waals surface area contributed by atoms with Crippen LogP contribution in [0.2, 0.25) is 5.02 Å². The lowest BCUT2D eigenvalue weighted by Crippen LogP contribution is -2.50. The fourth-order valence-electron chi connectivity index (χ4n) is 2.60. The van der Waals surface area contributed by atoms with Crippen LogP contribution < -0.4 is 5.32 Å². The molecular formula is C15H19ClN2O2. The molecule has 0 aliphatic carbocycles. The number of halogens is 1. The Kier molecular flexibility index (Phi) is 5.15. The van der Waals surface area contributed by atoms with E-state index in [1.165, 1.54) is 0 Å². The Morgan fingerprint density at radius 2 is 2.10 bits per heavy atom. The van der Waals surface area contributed by atoms with Crippen LogP contribution in [0.15, 0.2) is 24.3 Å². The summed E-state index contributed by atoms with van der Waals surface area (Å²) in [4.78, 5) is 26.2. The molecule has 1 unspecified atom stereocenters. The van der Waals surface area contributed by atoms with Crippen LogP contribution in [0.1, 0.15) is 29.6 Å². The van der Waals surface area contributed by atoms with Gasteiger partial charge in [0, 0.05) is 12.6 Å². The van der Waals surface area contributed by atoms with Crippen LogP contribution in [-0.2, 0) is 4.79 Å². The zero-order chi connectivity index (χ0) is 14.5. The molecule has 1 aromatic carbocycles. The molecule has 108 valence electrons. The van der Waals surface area contributed by atoms with E-state index >= 15 is 0 Å². The summed E-state index contributed by atoms with van der Waals surface area (Å²) in [5.41, 5.74) is 0.524. The Labute approximate surface area is 124 Å². The Bertz CT molecular complexity index is 504. The van der Waals surface area contributed by atoms with Crippen molar-refractivity contribution in [2.45, 2.75) is 25.3 Å². The number of benzene rings is 1. The minimum Gasteiger partial charge on any atom is -0.358 e. The smallest absolute Gasteiger partial charge is 0.237 e. The molecule has 1 amide bonds. The third kappa shape index (κ3) is 3.38. The zero-order valence-electron chi connectivity index (χ0n) is 11.6. The number of amides is 1. The molecule has 0 saturated carbocycles. The van der Waals surface area contributed by atoms with Gasteiger partial charge < -0.3 is 5.32 Å². The molecule has 1 atom stereocenters. The lowest BCUT2D eigenvalue weighted by Gasteiger charge is -2.33. The number of rotatable bonds is 4. The van der Waals surface area contributed by atoms with E-state index in [1.54, 1.807) is 31.3 Å². The molecule has 1 aliphatic rings. The van der Waals surface area contributed by atoms with Crippen LogP contribution in [0, 0.1) is 0 Å². The van der Waals surface area contributed by atoms with Crippen molar-refractivity contribution < 1.29 is 9.59 Å². The molecular weight excluding hydrogens is 276 g/mol. The highest BCUT2D eigenvalue weighted by Gasteiger charge is 2.29. The molecule has 2 rings (SSSR count). The molecule has 0 aromatic heterocycles. The highest BCUT2D eigenvalue weighted by Crippen LogP contribution is 2.20. The van der Waals surface area contributed by atoms with E-state index in [4.69, 9.17) is 11.6 Å². The van der Waals surface area contributed by atoms with Crippen molar-refractivity contribution in [2.75, 3.05) is 20.1 Å². The summed E-state index contributed by atoms with van der Waals surface area (Å²) < 4.78 is 0. The molecule has 20 heavy (non-hydrogen) atoms. The van der Waals surface area contributed by atoms with Crippen molar-refractivity contribution >= 4 is 23.3 Å². The second-order valence-corrected chi connectivity index (χ2v) is 5.41. The number of hydrogen-bond donors (Lipinski definition) is 1. The standard InChI is InChI=1S/C15H19ClN2O2/c1-17-15(20)13-8-4-5-9-18(13)10-14(19)11-6-2-3-7-12(11)16/h2-3,6-7,13H,4-5,8-10H2,1H3,(H,17,20). The first kappa shape index (κ1) is 15.0. The lowest BCUT2D eigenvalue weighted by molar-refractivity contribution is -0.126. The normalized spacial score (nSPS) is 19.6. The second kappa shape index (κ2) is 6.86. The fraction of sp³-hybridized carbons (Fsp3) is 0.467. The summed E-state index contributed by atoms with van der Waals surface area (Å²) in [7, 11) is 1.63. The summed E-state index contributed by atoms with van der Waals surface area (Å²) in [5.74, 6) is -0.0527. The molecule has 1 aromatic rings. The topological polar surface area (TPSA) is 49.4 Å². The third-order valence-electron chi connectivity index (χ3n) is 3.68. The highest BCUT2D eigenvalue weighted by molar-refractivity contribution is 6.34. The van der Waals surface area contributed by atoms with E-state index < -0.39 is 0 Å². The Balaban J connectivity index is 2.09. The Hall–Kier alpha value is -1.39. The maximum absolute atomic E-state index is 12.3. The zero-order valence-corrected chi connectivity index (χ0v) is 12.3. The van der Waals surface area contributed by atoms with Crippen LogP contribution >= 0.6 is 11.6 Å². The summed E-state index contributed by atoms with van der Waals surface area (Å²) in [5, 5.41) is 3.13. The molecule has 0 radical (unpaired) electrons. The molecule has 1 fully saturated rings. The van der Waals surface area contributed by atoms with Gasteiger partial charge in [0.25, 0.3) is 0 Å². The lowest BCUT2D eigenvalue weighted by atomic mass is 10.00. The van der Waals surface area contributed by atoms with Crippen LogP contribution in [0.5, 0.6) is 0 Å². The molecule has 0 bridgehead atoms. The van der Waals surface area contributed by atoms with Crippen molar-refractivity contribution in [3.8, 4) is 0 Å². The number of nitrogens with one attached hydrogen (secondary N) is 1. The van der Waals surface area contributed by atoms with Crippen molar-refractivity contribution in [1.82, 2.24) is 10.2 Å². The van der Waals surface area contributed by atoms with E-state index in [0.717, 1.165) is 25.8 Å². The Morgan fingerprint density at radius 3 is 2.80 bits per heavy atom. The van der Waals surface area contributed by atoms with Gasteiger partial charge >= 0.3 is 0 Å². The number of piperidine rings is 1. The van der Waals surface area contributed by atoms with Gasteiger partial charge in [0.2, 0.25) is 5.91 Å². The predicted octanol–water partition coefficient (Wildman–Crippen LogP) is 2.12. The van der Waals surface area contributed by atoms with Gasteiger partial charge in [0.15, 0.2) is 5.78 Å². The van der Waals surface area contributed by atoms with Crippen molar-refractivity contribution in [3.05, 3.63) is 34.9 Å². The van der Waals surface area contributed by atoms with Crippen LogP contribution in [0.25, 0.3) is 0 Å². The van der Waals surface area contributed by atoms with Gasteiger partial charge in [-0.3, -0.25) is 14.5 Å². The monoisotopic (exact) mass is 294 g/mol. The summed E-state index contributed by atoms with van der Waals surface area (Å²) in [6, 6.07) is 6.82. The van der Waals surface area contributed by atoms with E-state index in [9.17, 15) is 9.59 Å². The number of likely N-dealkylation sites (N-methyl/N-ethyl adjacent to an activating group) is 1. The Morgan fingerprint density at radius 1 is 1.35 bits per heavy atom. The summed E-state index contributed by atoms with van der Waals surface area (Å²) in [6.07, 6.45) is 2.84. The molecule has 1 saturated heterocycles. The maximum Gasteiger partial charge on any atom is 0.237 e. The average molecular weight is 295 g/mol. The maximum atomic E-state index is 12.3. The number of carbonyl (C=O) groups excluding carboxylic acids is 2. The van der Waals surface area contributed by atoms with Gasteiger partial charge in [-0.05, 0) is 31.5 Å². The largest absolute Gasteiger partial charge is 0.358 e. The fourth-order valence-corrected chi connectivity index (χ4v) is 2.84. The van der Waals surface area contributed by atoms with Crippen LogP contribution in [0.4, 0.5) is 0 Å². The molecule has 1 N–H and O–H groups in total. The third-order valence-corrected chi connectivity index (χ3v) is 4.01. The van der Waals surface area contributed by atoms with Gasteiger partial charge in [-0.1, -0.05) is 30.2 Å². The van der Waals surface area contributed by atoms with Crippen LogP contribution in [-0.4, -0.2) is 42.8 Å². The molecule has 4 nitrogen and oxygen atoms in total. The number of carbonyl (C=O) groups is 2. The van der Waals surface area contributed by atoms with Crippen LogP contribution in [0.3, 0.4) is 0 Å². The molecule has 1 aliphatic heterocycles. The molecule has 5 heteroatoms. The van der Waals surface area contributed by atoms with E-state index in [0.29, 0.717) is 10.6 Å². The van der Waals surface area contributed by atoms with Gasteiger partial charge in [0.1, 0.15) is 0 Å². The number of nitrogens with zero attached hydrogens (tertiary/aromatic N) is 1. The SMILES string of the molecule is CNC(=O)C1CCCCN1CC(=O)c1ccccc1Cl. The van der Waals surface area contributed by atoms with Crippen molar-refractivity contribution in [3.63, 3.8) is 0 Å². The predicted molar refractivity (Wildman–Crippen MR) is 79.1 cm³/mol. The van der Waals surface area contributed by atoms with Gasteiger partial charge in [0.05, 0.1) is 17.6 Å². The van der Waals surface area contributed by atoms with E-state index in [2.05, 4.69) is 5.32 Å². The highest BCUT2D eigenvalue weighted by atomic mass is 35.5. The minimum absolute atomic E-state index is 0.0170. The van der Waals surface area contributed by atoms with E-state index in [-0.39, 0.29) is 24.3 Å². The van der Waals surface area contributed by atoms with Gasteiger partial charge in [-0.2, -0.15) is 0 Å². The molecule has 0 spiro atoms. The first-order valence-corrected chi connectivity index (χ1v) is 7.24. The first-order valence-electron chi connectivity index (χ1n) is 6.87. The second-order valence-electron chi connectivity index (χ2n) is 5.00. The number of Topliss-reactive ketones (excluding diaryl/α,β-unsaturated/α-hetero) is 1. The van der Waals surface area contributed by atoms with Crippen molar-refractivity contribution in [2.24, 2.45) is 0 Å². The number of ketones is 1. The molecule has 1 heterocycles. The quantitative estimate of drug-likeness (QED) is 0.866. The van der Waals surface area contributed by atoms with Gasteiger partial charge in [-0.15, -0.1) is 0 Å². The minimum atomic E-state index is -0.208. The van der Waals surface area contributed by atoms with Gasteiger partial charge in [-0.25, -0.2) is 0 Å². The average Bonchev–Trinajstić information content (AvgIpc) is 2.47. The number of hydrogen-bond acceptors (Lipinski definition) is 3. The summed E-state index contributed by atoms with van der Waals surface area (Å²) in [6.45, 7) is 1.01. The van der Waals surface area contributed by atoms with Crippen molar-refractivity contribution in [1.29, 1.82) is 0 Å².